The number of carbonyl (C=O) groups is 1. The number of aromatic nitrogens is 1. The van der Waals surface area contributed by atoms with Crippen molar-refractivity contribution in [1.82, 2.24) is 10.1 Å². The summed E-state index contributed by atoms with van der Waals surface area (Å²) in [6.07, 6.45) is 3.08. The molecule has 0 radical (unpaired) electrons. The molecule has 1 saturated heterocycles. The molecule has 1 aromatic rings. The van der Waals surface area contributed by atoms with Crippen LogP contribution in [0.1, 0.15) is 18.6 Å². The molecule has 1 aromatic heterocycles. The molecule has 5 nitrogen and oxygen atoms in total. The van der Waals surface area contributed by atoms with Gasteiger partial charge in [0.15, 0.2) is 5.76 Å². The Morgan fingerprint density at radius 3 is 2.87 bits per heavy atom. The monoisotopic (exact) mass is 210 g/mol. The first-order chi connectivity index (χ1) is 7.25. The van der Waals surface area contributed by atoms with Crippen molar-refractivity contribution in [2.45, 2.75) is 19.4 Å². The Labute approximate surface area is 87.7 Å². The second kappa shape index (κ2) is 4.44. The van der Waals surface area contributed by atoms with Crippen LogP contribution < -0.4 is 0 Å². The number of rotatable bonds is 3. The van der Waals surface area contributed by atoms with Crippen LogP contribution in [0.2, 0.25) is 0 Å². The van der Waals surface area contributed by atoms with Crippen LogP contribution in [-0.2, 0) is 11.3 Å². The minimum absolute atomic E-state index is 0.170. The van der Waals surface area contributed by atoms with Crippen LogP contribution in [0, 0.1) is 5.92 Å². The first-order valence-electron chi connectivity index (χ1n) is 5.10. The second-order valence-electron chi connectivity index (χ2n) is 3.87. The van der Waals surface area contributed by atoms with Gasteiger partial charge in [-0.2, -0.15) is 0 Å². The van der Waals surface area contributed by atoms with Gasteiger partial charge in [0, 0.05) is 6.07 Å². The summed E-state index contributed by atoms with van der Waals surface area (Å²) in [5.41, 5.74) is 0. The van der Waals surface area contributed by atoms with Crippen molar-refractivity contribution < 1.29 is 14.4 Å². The molecule has 0 saturated carbocycles. The molecule has 0 amide bonds. The van der Waals surface area contributed by atoms with E-state index in [1.54, 1.807) is 6.20 Å². The summed E-state index contributed by atoms with van der Waals surface area (Å²) in [6.45, 7) is 2.36. The Balaban J connectivity index is 1.81. The molecular weight excluding hydrogens is 196 g/mol. The van der Waals surface area contributed by atoms with E-state index in [2.05, 4.69) is 10.1 Å². The van der Waals surface area contributed by atoms with E-state index in [-0.39, 0.29) is 5.92 Å². The first-order valence-corrected chi connectivity index (χ1v) is 5.10. The smallest absolute Gasteiger partial charge is 0.306 e. The van der Waals surface area contributed by atoms with Gasteiger partial charge in [-0.25, -0.2) is 0 Å². The summed E-state index contributed by atoms with van der Waals surface area (Å²) in [5.74, 6) is -0.00549. The van der Waals surface area contributed by atoms with Crippen molar-refractivity contribution in [2.75, 3.05) is 13.1 Å². The fourth-order valence-corrected chi connectivity index (χ4v) is 1.88. The van der Waals surface area contributed by atoms with Gasteiger partial charge in [-0.15, -0.1) is 0 Å². The SMILES string of the molecule is O=C(O)C1CCN(Cc2ccno2)CC1. The Morgan fingerprint density at radius 2 is 2.33 bits per heavy atom. The van der Waals surface area contributed by atoms with Crippen LogP contribution in [0.5, 0.6) is 0 Å². The van der Waals surface area contributed by atoms with Gasteiger partial charge in [0.05, 0.1) is 18.7 Å². The van der Waals surface area contributed by atoms with E-state index in [9.17, 15) is 4.79 Å². The predicted molar refractivity (Wildman–Crippen MR) is 52.1 cm³/mol. The highest BCUT2D eigenvalue weighted by Crippen LogP contribution is 2.18. The fourth-order valence-electron chi connectivity index (χ4n) is 1.88. The molecular formula is C10H14N2O3. The van der Waals surface area contributed by atoms with Gasteiger partial charge in [0.1, 0.15) is 0 Å². The van der Waals surface area contributed by atoms with Crippen LogP contribution in [0.3, 0.4) is 0 Å². The average Bonchev–Trinajstić information content (AvgIpc) is 2.71. The van der Waals surface area contributed by atoms with Gasteiger partial charge in [-0.05, 0) is 25.9 Å². The van der Waals surface area contributed by atoms with E-state index >= 15 is 0 Å². The molecule has 15 heavy (non-hydrogen) atoms. The van der Waals surface area contributed by atoms with Gasteiger partial charge in [-0.1, -0.05) is 5.16 Å². The Hall–Kier alpha value is -1.36. The lowest BCUT2D eigenvalue weighted by molar-refractivity contribution is -0.143. The summed E-state index contributed by atoms with van der Waals surface area (Å²) < 4.78 is 5.00. The van der Waals surface area contributed by atoms with Crippen molar-refractivity contribution in [3.63, 3.8) is 0 Å². The molecule has 0 aliphatic carbocycles. The Morgan fingerprint density at radius 1 is 1.60 bits per heavy atom. The lowest BCUT2D eigenvalue weighted by Gasteiger charge is -2.28. The number of piperidine rings is 1. The largest absolute Gasteiger partial charge is 0.481 e. The number of likely N-dealkylation sites (tertiary alicyclic amines) is 1. The van der Waals surface area contributed by atoms with Crippen molar-refractivity contribution in [3.05, 3.63) is 18.0 Å². The third kappa shape index (κ3) is 2.56. The van der Waals surface area contributed by atoms with E-state index in [0.29, 0.717) is 0 Å². The summed E-state index contributed by atoms with van der Waals surface area (Å²) in [6, 6.07) is 1.84. The van der Waals surface area contributed by atoms with Crippen molar-refractivity contribution in [1.29, 1.82) is 0 Å². The minimum Gasteiger partial charge on any atom is -0.481 e. The van der Waals surface area contributed by atoms with E-state index in [4.69, 9.17) is 9.63 Å². The van der Waals surface area contributed by atoms with Gasteiger partial charge in [-0.3, -0.25) is 9.69 Å². The van der Waals surface area contributed by atoms with Gasteiger partial charge >= 0.3 is 5.97 Å². The van der Waals surface area contributed by atoms with Crippen LogP contribution in [0.25, 0.3) is 0 Å². The standard InChI is InChI=1S/C10H14N2O3/c13-10(14)8-2-5-12(6-3-8)7-9-1-4-11-15-9/h1,4,8H,2-3,5-7H2,(H,13,14). The predicted octanol–water partition coefficient (Wildman–Crippen LogP) is 0.971. The molecule has 1 N–H and O–H groups in total. The second-order valence-corrected chi connectivity index (χ2v) is 3.87. The van der Waals surface area contributed by atoms with Gasteiger partial charge in [0.2, 0.25) is 0 Å². The highest BCUT2D eigenvalue weighted by Gasteiger charge is 2.24. The molecule has 0 unspecified atom stereocenters. The zero-order valence-corrected chi connectivity index (χ0v) is 8.43. The number of aliphatic carboxylic acids is 1. The van der Waals surface area contributed by atoms with Crippen molar-refractivity contribution in [2.24, 2.45) is 5.92 Å². The number of carboxylic acid groups (broad SMARTS) is 1. The van der Waals surface area contributed by atoms with Gasteiger partial charge in [0.25, 0.3) is 0 Å². The Bertz CT molecular complexity index is 315. The number of carboxylic acids is 1. The maximum atomic E-state index is 10.7. The first kappa shape index (κ1) is 10.2. The quantitative estimate of drug-likeness (QED) is 0.805. The molecule has 2 rings (SSSR count). The zero-order valence-electron chi connectivity index (χ0n) is 8.43. The van der Waals surface area contributed by atoms with Crippen molar-refractivity contribution >= 4 is 5.97 Å². The molecule has 0 aromatic carbocycles. The highest BCUT2D eigenvalue weighted by atomic mass is 16.5. The zero-order chi connectivity index (χ0) is 10.7. The third-order valence-electron chi connectivity index (χ3n) is 2.81. The van der Waals surface area contributed by atoms with Crippen LogP contribution in [-0.4, -0.2) is 34.2 Å². The number of hydrogen-bond acceptors (Lipinski definition) is 4. The lowest BCUT2D eigenvalue weighted by atomic mass is 9.97. The molecule has 82 valence electrons. The molecule has 5 heteroatoms. The topological polar surface area (TPSA) is 66.6 Å². The van der Waals surface area contributed by atoms with Crippen LogP contribution in [0.15, 0.2) is 16.8 Å². The highest BCUT2D eigenvalue weighted by molar-refractivity contribution is 5.70. The fraction of sp³-hybridized carbons (Fsp3) is 0.600. The molecule has 1 fully saturated rings. The maximum Gasteiger partial charge on any atom is 0.306 e. The molecule has 1 aliphatic rings. The summed E-state index contributed by atoms with van der Waals surface area (Å²) in [5, 5.41) is 12.5. The summed E-state index contributed by atoms with van der Waals surface area (Å²) >= 11 is 0. The normalized spacial score (nSPS) is 19.2. The summed E-state index contributed by atoms with van der Waals surface area (Å²) in [4.78, 5) is 12.9. The van der Waals surface area contributed by atoms with Gasteiger partial charge < -0.3 is 9.63 Å². The molecule has 2 heterocycles. The lowest BCUT2D eigenvalue weighted by Crippen LogP contribution is -2.35. The third-order valence-corrected chi connectivity index (χ3v) is 2.81. The molecule has 0 bridgehead atoms. The Kier molecular flexibility index (Phi) is 3.01. The average molecular weight is 210 g/mol. The molecule has 0 spiro atoms. The van der Waals surface area contributed by atoms with Crippen LogP contribution in [0.4, 0.5) is 0 Å². The molecule has 0 atom stereocenters. The van der Waals surface area contributed by atoms with E-state index in [1.807, 2.05) is 6.07 Å². The minimum atomic E-state index is -0.672. The van der Waals surface area contributed by atoms with E-state index in [0.717, 1.165) is 38.2 Å². The number of nitrogens with zero attached hydrogens (tertiary/aromatic N) is 2. The number of hydrogen-bond donors (Lipinski definition) is 1. The summed E-state index contributed by atoms with van der Waals surface area (Å²) in [7, 11) is 0. The van der Waals surface area contributed by atoms with Crippen molar-refractivity contribution in [3.8, 4) is 0 Å². The molecule has 1 aliphatic heterocycles. The van der Waals surface area contributed by atoms with E-state index in [1.165, 1.54) is 0 Å². The maximum absolute atomic E-state index is 10.7. The van der Waals surface area contributed by atoms with E-state index < -0.39 is 5.97 Å². The van der Waals surface area contributed by atoms with Crippen LogP contribution >= 0.6 is 0 Å².